The van der Waals surface area contributed by atoms with Gasteiger partial charge >= 0.3 is 0 Å². The van der Waals surface area contributed by atoms with E-state index in [2.05, 4.69) is 10.2 Å². The molecule has 0 fully saturated rings. The molecule has 0 bridgehead atoms. The lowest BCUT2D eigenvalue weighted by Gasteiger charge is -2.09. The van der Waals surface area contributed by atoms with E-state index in [0.29, 0.717) is 33.0 Å². The fourth-order valence-corrected chi connectivity index (χ4v) is 2.68. The molecule has 0 atom stereocenters. The lowest BCUT2D eigenvalue weighted by atomic mass is 9.93. The molecule has 0 unspecified atom stereocenters. The van der Waals surface area contributed by atoms with Crippen molar-refractivity contribution in [2.45, 2.75) is 6.92 Å². The first-order valence-electron chi connectivity index (χ1n) is 6.96. The molecule has 0 amide bonds. The Labute approximate surface area is 138 Å². The highest BCUT2D eigenvalue weighted by molar-refractivity contribution is 6.31. The molecule has 0 spiro atoms. The summed E-state index contributed by atoms with van der Waals surface area (Å²) in [5, 5.41) is 16.5. The second-order valence-corrected chi connectivity index (χ2v) is 5.51. The SMILES string of the molecule is Cc1[nH]nc(C#N)c1-c1cc(Cl)ccc1C(=O)c1ccccc1. The Hall–Kier alpha value is -2.90. The smallest absolute Gasteiger partial charge is 0.193 e. The number of ketones is 1. The van der Waals surface area contributed by atoms with E-state index in [1.165, 1.54) is 0 Å². The highest BCUT2D eigenvalue weighted by atomic mass is 35.5. The van der Waals surface area contributed by atoms with Crippen molar-refractivity contribution in [1.82, 2.24) is 10.2 Å². The number of nitrogens with one attached hydrogen (secondary N) is 1. The van der Waals surface area contributed by atoms with E-state index in [1.807, 2.05) is 24.3 Å². The summed E-state index contributed by atoms with van der Waals surface area (Å²) in [7, 11) is 0. The number of aromatic amines is 1. The number of aryl methyl sites for hydroxylation is 1. The average Bonchev–Trinajstić information content (AvgIpc) is 2.95. The highest BCUT2D eigenvalue weighted by Gasteiger charge is 2.20. The van der Waals surface area contributed by atoms with Gasteiger partial charge in [-0.1, -0.05) is 41.9 Å². The molecule has 0 aliphatic heterocycles. The van der Waals surface area contributed by atoms with Gasteiger partial charge in [0.25, 0.3) is 0 Å². The van der Waals surface area contributed by atoms with Crippen molar-refractivity contribution < 1.29 is 4.79 Å². The van der Waals surface area contributed by atoms with Gasteiger partial charge in [0, 0.05) is 27.4 Å². The van der Waals surface area contributed by atoms with Crippen molar-refractivity contribution in [3.05, 3.63) is 76.1 Å². The van der Waals surface area contributed by atoms with Crippen LogP contribution in [-0.2, 0) is 0 Å². The van der Waals surface area contributed by atoms with E-state index in [9.17, 15) is 10.1 Å². The van der Waals surface area contributed by atoms with E-state index in [1.54, 1.807) is 37.3 Å². The Morgan fingerprint density at radius 3 is 2.65 bits per heavy atom. The minimum absolute atomic E-state index is 0.123. The maximum atomic E-state index is 12.8. The van der Waals surface area contributed by atoms with Crippen molar-refractivity contribution in [1.29, 1.82) is 5.26 Å². The summed E-state index contributed by atoms with van der Waals surface area (Å²) < 4.78 is 0. The molecule has 1 N–H and O–H groups in total. The Morgan fingerprint density at radius 2 is 1.96 bits per heavy atom. The van der Waals surface area contributed by atoms with Gasteiger partial charge < -0.3 is 0 Å². The van der Waals surface area contributed by atoms with Gasteiger partial charge in [-0.25, -0.2) is 0 Å². The molecule has 4 nitrogen and oxygen atoms in total. The summed E-state index contributed by atoms with van der Waals surface area (Å²) in [5.41, 5.74) is 3.23. The number of hydrogen-bond donors (Lipinski definition) is 1. The zero-order valence-corrected chi connectivity index (χ0v) is 13.1. The van der Waals surface area contributed by atoms with Crippen molar-refractivity contribution in [3.63, 3.8) is 0 Å². The van der Waals surface area contributed by atoms with Gasteiger partial charge in [0.15, 0.2) is 11.5 Å². The second kappa shape index (κ2) is 6.07. The van der Waals surface area contributed by atoms with Gasteiger partial charge in [-0.2, -0.15) is 10.4 Å². The second-order valence-electron chi connectivity index (χ2n) is 5.07. The molecule has 2 aromatic carbocycles. The summed E-state index contributed by atoms with van der Waals surface area (Å²) in [4.78, 5) is 12.8. The van der Waals surface area contributed by atoms with Crippen LogP contribution in [0.4, 0.5) is 0 Å². The molecule has 0 saturated heterocycles. The molecule has 0 aliphatic carbocycles. The molecule has 0 saturated carbocycles. The molecule has 3 rings (SSSR count). The quantitative estimate of drug-likeness (QED) is 0.737. The van der Waals surface area contributed by atoms with Crippen molar-refractivity contribution in [2.75, 3.05) is 0 Å². The molecular formula is C18H12ClN3O. The number of rotatable bonds is 3. The zero-order valence-electron chi connectivity index (χ0n) is 12.3. The molecule has 112 valence electrons. The monoisotopic (exact) mass is 321 g/mol. The maximum absolute atomic E-state index is 12.8. The predicted octanol–water partition coefficient (Wildman–Crippen LogP) is 4.14. The Bertz CT molecular complexity index is 923. The van der Waals surface area contributed by atoms with Crippen LogP contribution in [-0.4, -0.2) is 16.0 Å². The van der Waals surface area contributed by atoms with Crippen LogP contribution in [0.25, 0.3) is 11.1 Å². The van der Waals surface area contributed by atoms with Crippen LogP contribution in [0.1, 0.15) is 27.3 Å². The van der Waals surface area contributed by atoms with Crippen LogP contribution in [0.3, 0.4) is 0 Å². The van der Waals surface area contributed by atoms with E-state index < -0.39 is 0 Å². The van der Waals surface area contributed by atoms with E-state index in [4.69, 9.17) is 11.6 Å². The number of nitrogens with zero attached hydrogens (tertiary/aromatic N) is 2. The average molecular weight is 322 g/mol. The first kappa shape index (κ1) is 15.0. The third-order valence-electron chi connectivity index (χ3n) is 3.58. The van der Waals surface area contributed by atoms with Gasteiger partial charge in [0.05, 0.1) is 0 Å². The Balaban J connectivity index is 2.22. The molecule has 0 radical (unpaired) electrons. The van der Waals surface area contributed by atoms with Crippen LogP contribution >= 0.6 is 11.6 Å². The van der Waals surface area contributed by atoms with Gasteiger partial charge in [-0.3, -0.25) is 9.89 Å². The molecule has 3 aromatic rings. The third kappa shape index (κ3) is 2.75. The minimum Gasteiger partial charge on any atom is -0.289 e. The standard InChI is InChI=1S/C18H12ClN3O/c1-11-17(16(10-20)22-21-11)15-9-13(19)7-8-14(15)18(23)12-5-3-2-4-6-12/h2-9H,1H3,(H,21,22). The summed E-state index contributed by atoms with van der Waals surface area (Å²) >= 11 is 6.11. The van der Waals surface area contributed by atoms with Crippen LogP contribution in [0.15, 0.2) is 48.5 Å². The number of hydrogen-bond acceptors (Lipinski definition) is 3. The van der Waals surface area contributed by atoms with Gasteiger partial charge in [0.1, 0.15) is 6.07 Å². The van der Waals surface area contributed by atoms with Crippen molar-refractivity contribution in [3.8, 4) is 17.2 Å². The Kier molecular flexibility index (Phi) is 3.96. The van der Waals surface area contributed by atoms with E-state index in [0.717, 1.165) is 0 Å². The lowest BCUT2D eigenvalue weighted by molar-refractivity contribution is 0.103. The normalized spacial score (nSPS) is 10.3. The first-order chi connectivity index (χ1) is 11.1. The summed E-state index contributed by atoms with van der Waals surface area (Å²) in [5.74, 6) is -0.123. The molecule has 1 heterocycles. The molecule has 1 aromatic heterocycles. The largest absolute Gasteiger partial charge is 0.289 e. The number of benzene rings is 2. The molecule has 23 heavy (non-hydrogen) atoms. The van der Waals surface area contributed by atoms with E-state index in [-0.39, 0.29) is 11.5 Å². The number of H-pyrrole nitrogens is 1. The van der Waals surface area contributed by atoms with Gasteiger partial charge in [-0.15, -0.1) is 0 Å². The lowest BCUT2D eigenvalue weighted by Crippen LogP contribution is -2.04. The fourth-order valence-electron chi connectivity index (χ4n) is 2.51. The van der Waals surface area contributed by atoms with Crippen LogP contribution in [0.2, 0.25) is 5.02 Å². The summed E-state index contributed by atoms with van der Waals surface area (Å²) in [6.45, 7) is 1.81. The van der Waals surface area contributed by atoms with Crippen molar-refractivity contribution in [2.24, 2.45) is 0 Å². The molecule has 0 aliphatic rings. The number of carbonyl (C=O) groups is 1. The third-order valence-corrected chi connectivity index (χ3v) is 3.82. The van der Waals surface area contributed by atoms with Crippen LogP contribution in [0.5, 0.6) is 0 Å². The fraction of sp³-hybridized carbons (Fsp3) is 0.0556. The van der Waals surface area contributed by atoms with Crippen LogP contribution < -0.4 is 0 Å². The minimum atomic E-state index is -0.123. The number of carbonyl (C=O) groups excluding carboxylic acids is 1. The maximum Gasteiger partial charge on any atom is 0.193 e. The summed E-state index contributed by atoms with van der Waals surface area (Å²) in [6.07, 6.45) is 0. The predicted molar refractivity (Wildman–Crippen MR) is 88.4 cm³/mol. The zero-order chi connectivity index (χ0) is 16.4. The first-order valence-corrected chi connectivity index (χ1v) is 7.34. The molecule has 5 heteroatoms. The van der Waals surface area contributed by atoms with Crippen molar-refractivity contribution >= 4 is 17.4 Å². The number of nitriles is 1. The highest BCUT2D eigenvalue weighted by Crippen LogP contribution is 2.32. The summed E-state index contributed by atoms with van der Waals surface area (Å²) in [6, 6.07) is 16.1. The van der Waals surface area contributed by atoms with Crippen LogP contribution in [0, 0.1) is 18.3 Å². The Morgan fingerprint density at radius 1 is 1.22 bits per heavy atom. The number of halogens is 1. The molecular weight excluding hydrogens is 310 g/mol. The van der Waals surface area contributed by atoms with Gasteiger partial charge in [0.2, 0.25) is 0 Å². The van der Waals surface area contributed by atoms with E-state index >= 15 is 0 Å². The number of aromatic nitrogens is 2. The van der Waals surface area contributed by atoms with Gasteiger partial charge in [-0.05, 0) is 30.7 Å². The topological polar surface area (TPSA) is 69.5 Å².